The van der Waals surface area contributed by atoms with Crippen LogP contribution in [-0.4, -0.2) is 38.6 Å². The summed E-state index contributed by atoms with van der Waals surface area (Å²) in [4.78, 5) is 0. The smallest absolute Gasteiger partial charge is 0.127 e. The topological polar surface area (TPSA) is 43.5 Å². The first kappa shape index (κ1) is 25.8. The summed E-state index contributed by atoms with van der Waals surface area (Å²) in [5, 5.41) is 4.59. The molecule has 3 aliphatic rings. The van der Waals surface area contributed by atoms with E-state index in [1.165, 1.54) is 44.2 Å². The Morgan fingerprint density at radius 2 is 0.886 bits per heavy atom. The highest BCUT2D eigenvalue weighted by Crippen LogP contribution is 2.54. The molecule has 2 heterocycles. The molecule has 0 spiro atoms. The number of fused-ring (bicyclic) bond motifs is 4. The first-order chi connectivity index (χ1) is 21.8. The lowest BCUT2D eigenvalue weighted by Gasteiger charge is -2.43. The van der Waals surface area contributed by atoms with E-state index in [-0.39, 0.29) is 12.2 Å². The second kappa shape index (κ2) is 10.2. The minimum absolute atomic E-state index is 0.190. The SMILES string of the molecule is c1ccc2c(c1)Cc1ccccc1C2(c1cccc2c(OCC3CO3)cccc12)c1cccc2c(OCC3CO3)cccc12. The van der Waals surface area contributed by atoms with Gasteiger partial charge in [-0.15, -0.1) is 0 Å². The number of hydrogen-bond acceptors (Lipinski definition) is 4. The average molecular weight is 577 g/mol. The van der Waals surface area contributed by atoms with Gasteiger partial charge in [-0.05, 0) is 62.7 Å². The van der Waals surface area contributed by atoms with Crippen molar-refractivity contribution in [1.29, 1.82) is 0 Å². The summed E-state index contributed by atoms with van der Waals surface area (Å²) in [5.74, 6) is 1.78. The van der Waals surface area contributed by atoms with E-state index in [1.807, 2.05) is 0 Å². The van der Waals surface area contributed by atoms with Crippen molar-refractivity contribution in [2.45, 2.75) is 24.0 Å². The Kier molecular flexibility index (Phi) is 6.00. The van der Waals surface area contributed by atoms with E-state index in [1.54, 1.807) is 0 Å². The van der Waals surface area contributed by atoms with Crippen molar-refractivity contribution in [3.05, 3.63) is 155 Å². The molecule has 9 rings (SSSR count). The van der Waals surface area contributed by atoms with E-state index in [0.717, 1.165) is 41.9 Å². The molecule has 0 radical (unpaired) electrons. The van der Waals surface area contributed by atoms with E-state index in [2.05, 4.69) is 121 Å². The number of benzene rings is 6. The van der Waals surface area contributed by atoms with E-state index < -0.39 is 5.41 Å². The van der Waals surface area contributed by atoms with Gasteiger partial charge < -0.3 is 18.9 Å². The second-order valence-corrected chi connectivity index (χ2v) is 12.1. The maximum absolute atomic E-state index is 6.35. The predicted molar refractivity (Wildman–Crippen MR) is 173 cm³/mol. The largest absolute Gasteiger partial charge is 0.490 e. The summed E-state index contributed by atoms with van der Waals surface area (Å²) in [6.45, 7) is 2.68. The van der Waals surface area contributed by atoms with Crippen molar-refractivity contribution in [3.8, 4) is 11.5 Å². The molecule has 216 valence electrons. The molecule has 1 aliphatic carbocycles. The lowest BCUT2D eigenvalue weighted by atomic mass is 9.58. The molecular formula is C40H32O4. The standard InChI is InChI=1S/C40H32O4/c1-3-15-34-26(9-1)21-27-10-2-4-16-35(27)40(34,36-17-5-13-32-30(36)11-7-19-38(32)43-24-28-22-41-28)37-18-6-14-33-31(37)12-8-20-39(33)44-25-29-23-42-29/h1-20,28-29H,21-25H2. The molecule has 2 aliphatic heterocycles. The molecule has 6 aromatic carbocycles. The molecule has 2 fully saturated rings. The van der Waals surface area contributed by atoms with Gasteiger partial charge >= 0.3 is 0 Å². The minimum atomic E-state index is -0.582. The normalized spacial score (nSPS) is 19.3. The van der Waals surface area contributed by atoms with E-state index in [9.17, 15) is 0 Å². The number of rotatable bonds is 8. The fraction of sp³-hybridized carbons (Fsp3) is 0.200. The molecule has 0 saturated carbocycles. The maximum atomic E-state index is 6.35. The summed E-state index contributed by atoms with van der Waals surface area (Å²) in [6, 6.07) is 44.3. The summed E-state index contributed by atoms with van der Waals surface area (Å²) in [7, 11) is 0. The monoisotopic (exact) mass is 576 g/mol. The first-order valence-electron chi connectivity index (χ1n) is 15.5. The van der Waals surface area contributed by atoms with Crippen molar-refractivity contribution in [2.75, 3.05) is 26.4 Å². The van der Waals surface area contributed by atoms with Crippen LogP contribution < -0.4 is 9.47 Å². The third-order valence-corrected chi connectivity index (χ3v) is 9.45. The highest BCUT2D eigenvalue weighted by molar-refractivity contribution is 5.98. The van der Waals surface area contributed by atoms with Gasteiger partial charge in [0.25, 0.3) is 0 Å². The van der Waals surface area contributed by atoms with Gasteiger partial charge in [-0.1, -0.05) is 109 Å². The molecule has 4 heteroatoms. The van der Waals surface area contributed by atoms with E-state index >= 15 is 0 Å². The Bertz CT molecular complexity index is 1890. The van der Waals surface area contributed by atoms with Crippen LogP contribution in [0.4, 0.5) is 0 Å². The Labute approximate surface area is 256 Å². The fourth-order valence-electron chi connectivity index (χ4n) is 7.32. The first-order valence-corrected chi connectivity index (χ1v) is 15.5. The van der Waals surface area contributed by atoms with Crippen LogP contribution in [0.5, 0.6) is 11.5 Å². The highest BCUT2D eigenvalue weighted by atomic mass is 16.6. The van der Waals surface area contributed by atoms with Crippen LogP contribution in [0.2, 0.25) is 0 Å². The summed E-state index contributed by atoms with van der Waals surface area (Å²) < 4.78 is 23.6. The predicted octanol–water partition coefficient (Wildman–Crippen LogP) is 7.84. The Balaban J connectivity index is 1.37. The van der Waals surface area contributed by atoms with Gasteiger partial charge in [0, 0.05) is 10.8 Å². The van der Waals surface area contributed by atoms with Gasteiger partial charge in [-0.3, -0.25) is 0 Å². The molecule has 2 atom stereocenters. The third-order valence-electron chi connectivity index (χ3n) is 9.45. The van der Waals surface area contributed by atoms with Crippen molar-refractivity contribution in [3.63, 3.8) is 0 Å². The maximum Gasteiger partial charge on any atom is 0.127 e. The Hall–Kier alpha value is -4.64. The molecule has 4 nitrogen and oxygen atoms in total. The molecule has 2 saturated heterocycles. The quantitative estimate of drug-likeness (QED) is 0.173. The zero-order chi connectivity index (χ0) is 29.1. The van der Waals surface area contributed by atoms with Gasteiger partial charge in [0.15, 0.2) is 0 Å². The third kappa shape index (κ3) is 4.13. The van der Waals surface area contributed by atoms with Crippen LogP contribution >= 0.6 is 0 Å². The van der Waals surface area contributed by atoms with Crippen LogP contribution in [0.15, 0.2) is 121 Å². The van der Waals surface area contributed by atoms with Crippen LogP contribution in [0.1, 0.15) is 33.4 Å². The number of hydrogen-bond donors (Lipinski definition) is 0. The average Bonchev–Trinajstić information content (AvgIpc) is 4.01. The van der Waals surface area contributed by atoms with Gasteiger partial charge in [0.1, 0.15) is 36.9 Å². The van der Waals surface area contributed by atoms with Gasteiger partial charge in [-0.2, -0.15) is 0 Å². The van der Waals surface area contributed by atoms with Crippen LogP contribution in [0.25, 0.3) is 21.5 Å². The zero-order valence-corrected chi connectivity index (χ0v) is 24.4. The zero-order valence-electron chi connectivity index (χ0n) is 24.4. The van der Waals surface area contributed by atoms with Crippen molar-refractivity contribution >= 4 is 21.5 Å². The van der Waals surface area contributed by atoms with E-state index in [0.29, 0.717) is 13.2 Å². The van der Waals surface area contributed by atoms with Gasteiger partial charge in [-0.25, -0.2) is 0 Å². The molecule has 2 unspecified atom stereocenters. The molecule has 44 heavy (non-hydrogen) atoms. The van der Waals surface area contributed by atoms with Crippen molar-refractivity contribution in [2.24, 2.45) is 0 Å². The molecule has 0 aromatic heterocycles. The fourth-order valence-corrected chi connectivity index (χ4v) is 7.32. The molecule has 0 N–H and O–H groups in total. The van der Waals surface area contributed by atoms with E-state index in [4.69, 9.17) is 18.9 Å². The summed E-state index contributed by atoms with van der Waals surface area (Å²) >= 11 is 0. The van der Waals surface area contributed by atoms with Crippen LogP contribution in [0, 0.1) is 0 Å². The van der Waals surface area contributed by atoms with Gasteiger partial charge in [0.05, 0.1) is 18.6 Å². The number of epoxide rings is 2. The molecule has 0 bridgehead atoms. The highest BCUT2D eigenvalue weighted by Gasteiger charge is 2.45. The number of ether oxygens (including phenoxy) is 4. The summed E-state index contributed by atoms with van der Waals surface area (Å²) in [6.07, 6.45) is 1.28. The molecule has 0 amide bonds. The lowest BCUT2D eigenvalue weighted by Crippen LogP contribution is -2.36. The van der Waals surface area contributed by atoms with Gasteiger partial charge in [0.2, 0.25) is 0 Å². The van der Waals surface area contributed by atoms with Crippen LogP contribution in [-0.2, 0) is 21.3 Å². The Morgan fingerprint density at radius 1 is 0.477 bits per heavy atom. The lowest BCUT2D eigenvalue weighted by molar-refractivity contribution is 0.265. The summed E-state index contributed by atoms with van der Waals surface area (Å²) in [5.41, 5.74) is 7.22. The van der Waals surface area contributed by atoms with Crippen molar-refractivity contribution < 1.29 is 18.9 Å². The molecule has 6 aromatic rings. The minimum Gasteiger partial charge on any atom is -0.490 e. The van der Waals surface area contributed by atoms with Crippen LogP contribution in [0.3, 0.4) is 0 Å². The second-order valence-electron chi connectivity index (χ2n) is 12.1. The van der Waals surface area contributed by atoms with Crippen molar-refractivity contribution in [1.82, 2.24) is 0 Å². The molecular weight excluding hydrogens is 544 g/mol. The Morgan fingerprint density at radius 3 is 1.36 bits per heavy atom.